The third-order valence-corrected chi connectivity index (χ3v) is 9.19. The molecule has 0 radical (unpaired) electrons. The van der Waals surface area contributed by atoms with E-state index in [1.807, 2.05) is 6.21 Å². The number of aliphatic imine (C=N–C) groups is 1. The van der Waals surface area contributed by atoms with Crippen LogP contribution in [-0.4, -0.2) is 58.1 Å². The van der Waals surface area contributed by atoms with Crippen molar-refractivity contribution in [1.29, 1.82) is 0 Å². The average Bonchev–Trinajstić information content (AvgIpc) is 3.58. The van der Waals surface area contributed by atoms with Crippen LogP contribution in [0.2, 0.25) is 0 Å². The van der Waals surface area contributed by atoms with Gasteiger partial charge >= 0.3 is 0 Å². The summed E-state index contributed by atoms with van der Waals surface area (Å²) in [4.78, 5) is 33.9. The first-order chi connectivity index (χ1) is 18.7. The van der Waals surface area contributed by atoms with Gasteiger partial charge in [-0.2, -0.15) is 0 Å². The van der Waals surface area contributed by atoms with Gasteiger partial charge in [-0.15, -0.1) is 11.3 Å². The number of carbonyl (C=O) groups excluding carboxylic acids is 1. The molecule has 7 nitrogen and oxygen atoms in total. The summed E-state index contributed by atoms with van der Waals surface area (Å²) in [6, 6.07) is 16.9. The molecule has 3 aliphatic rings. The zero-order valence-electron chi connectivity index (χ0n) is 21.3. The summed E-state index contributed by atoms with van der Waals surface area (Å²) < 4.78 is 0. The van der Waals surface area contributed by atoms with Gasteiger partial charge in [-0.25, -0.2) is 9.97 Å². The smallest absolute Gasteiger partial charge is 0.226 e. The highest BCUT2D eigenvalue weighted by Crippen LogP contribution is 2.41. The van der Waals surface area contributed by atoms with E-state index in [0.717, 1.165) is 85.8 Å². The Labute approximate surface area is 226 Å². The molecule has 2 aliphatic heterocycles. The van der Waals surface area contributed by atoms with E-state index in [1.165, 1.54) is 21.6 Å². The summed E-state index contributed by atoms with van der Waals surface area (Å²) in [5.41, 5.74) is 6.07. The molecular formula is C30H30N6OS. The third-order valence-electron chi connectivity index (χ3n) is 8.03. The fourth-order valence-electron chi connectivity index (χ4n) is 5.96. The minimum Gasteiger partial charge on any atom is -0.340 e. The summed E-state index contributed by atoms with van der Waals surface area (Å²) in [7, 11) is 0. The zero-order valence-corrected chi connectivity index (χ0v) is 22.1. The lowest BCUT2D eigenvalue weighted by atomic mass is 9.86. The molecule has 1 saturated heterocycles. The largest absolute Gasteiger partial charge is 0.340 e. The number of amides is 1. The molecule has 1 aliphatic carbocycles. The first-order valence-electron chi connectivity index (χ1n) is 13.4. The van der Waals surface area contributed by atoms with E-state index in [-0.39, 0.29) is 5.92 Å². The second-order valence-electron chi connectivity index (χ2n) is 10.4. The number of aryl methyl sites for hydroxylation is 1. The molecule has 2 aromatic carbocycles. The molecule has 1 unspecified atom stereocenters. The lowest BCUT2D eigenvalue weighted by Crippen LogP contribution is -2.50. The minimum atomic E-state index is 0.0524. The van der Waals surface area contributed by atoms with Crippen molar-refractivity contribution in [2.45, 2.75) is 32.4 Å². The van der Waals surface area contributed by atoms with Gasteiger partial charge in [0.25, 0.3) is 0 Å². The quantitative estimate of drug-likeness (QED) is 0.407. The number of benzene rings is 2. The molecule has 2 aromatic heterocycles. The van der Waals surface area contributed by atoms with Gasteiger partial charge in [0.1, 0.15) is 17.0 Å². The number of carbonyl (C=O) groups is 1. The minimum absolute atomic E-state index is 0.0524. The zero-order chi connectivity index (χ0) is 25.5. The van der Waals surface area contributed by atoms with E-state index in [0.29, 0.717) is 5.91 Å². The van der Waals surface area contributed by atoms with Crippen LogP contribution in [0, 0.1) is 5.92 Å². The van der Waals surface area contributed by atoms with Crippen LogP contribution in [0.15, 0.2) is 59.9 Å². The monoisotopic (exact) mass is 522 g/mol. The Hall–Kier alpha value is -3.62. The number of nitrogens with one attached hydrogen (secondary N) is 1. The molecule has 4 aromatic rings. The number of piperazine rings is 1. The van der Waals surface area contributed by atoms with Gasteiger partial charge in [-0.1, -0.05) is 36.4 Å². The molecule has 0 bridgehead atoms. The summed E-state index contributed by atoms with van der Waals surface area (Å²) in [5, 5.41) is 4.65. The maximum absolute atomic E-state index is 13.5. The lowest BCUT2D eigenvalue weighted by Gasteiger charge is -2.37. The summed E-state index contributed by atoms with van der Waals surface area (Å²) in [6.07, 6.45) is 6.14. The number of rotatable bonds is 5. The third kappa shape index (κ3) is 4.48. The van der Waals surface area contributed by atoms with Gasteiger partial charge in [-0.3, -0.25) is 14.7 Å². The van der Waals surface area contributed by atoms with Crippen LogP contribution in [0.4, 0.5) is 11.5 Å². The molecule has 1 atom stereocenters. The summed E-state index contributed by atoms with van der Waals surface area (Å²) in [5.74, 6) is 1.22. The molecule has 38 heavy (non-hydrogen) atoms. The van der Waals surface area contributed by atoms with Crippen LogP contribution in [-0.2, 0) is 30.7 Å². The van der Waals surface area contributed by atoms with Crippen molar-refractivity contribution in [2.75, 3.05) is 31.5 Å². The Morgan fingerprint density at radius 2 is 1.92 bits per heavy atom. The van der Waals surface area contributed by atoms with Crippen LogP contribution in [0.25, 0.3) is 10.2 Å². The first kappa shape index (κ1) is 23.5. The van der Waals surface area contributed by atoms with E-state index in [4.69, 9.17) is 0 Å². The van der Waals surface area contributed by atoms with Crippen LogP contribution in [0.3, 0.4) is 0 Å². The van der Waals surface area contributed by atoms with Gasteiger partial charge in [0, 0.05) is 55.4 Å². The number of nitrogens with zero attached hydrogens (tertiary/aromatic N) is 5. The molecule has 0 saturated carbocycles. The van der Waals surface area contributed by atoms with Gasteiger partial charge < -0.3 is 10.2 Å². The van der Waals surface area contributed by atoms with Crippen molar-refractivity contribution in [1.82, 2.24) is 19.8 Å². The highest BCUT2D eigenvalue weighted by Gasteiger charge is 2.33. The van der Waals surface area contributed by atoms with Crippen LogP contribution in [0.1, 0.15) is 33.6 Å². The Morgan fingerprint density at radius 1 is 1.05 bits per heavy atom. The number of aromatic nitrogens is 2. The number of hydrogen-bond acceptors (Lipinski definition) is 7. The van der Waals surface area contributed by atoms with E-state index in [2.05, 4.69) is 78.6 Å². The maximum atomic E-state index is 13.5. The molecule has 7 rings (SSSR count). The van der Waals surface area contributed by atoms with Gasteiger partial charge in [0.05, 0.1) is 11.9 Å². The van der Waals surface area contributed by atoms with Crippen molar-refractivity contribution in [3.05, 3.63) is 82.0 Å². The van der Waals surface area contributed by atoms with E-state index in [9.17, 15) is 4.79 Å². The predicted molar refractivity (Wildman–Crippen MR) is 152 cm³/mol. The molecule has 192 valence electrons. The fraction of sp³-hybridized carbons (Fsp3) is 0.333. The van der Waals surface area contributed by atoms with Crippen molar-refractivity contribution in [3.63, 3.8) is 0 Å². The van der Waals surface area contributed by atoms with Crippen LogP contribution < -0.4 is 5.32 Å². The average molecular weight is 523 g/mol. The number of anilines is 2. The normalized spacial score (nSPS) is 18.9. The maximum Gasteiger partial charge on any atom is 0.226 e. The Bertz CT molecular complexity index is 1520. The topological polar surface area (TPSA) is 73.7 Å². The molecule has 1 fully saturated rings. The fourth-order valence-corrected chi connectivity index (χ4v) is 7.22. The van der Waals surface area contributed by atoms with Gasteiger partial charge in [0.2, 0.25) is 5.91 Å². The molecule has 8 heteroatoms. The van der Waals surface area contributed by atoms with E-state index in [1.54, 1.807) is 17.7 Å². The van der Waals surface area contributed by atoms with E-state index < -0.39 is 0 Å². The van der Waals surface area contributed by atoms with Crippen molar-refractivity contribution >= 4 is 45.2 Å². The number of thiophene rings is 1. The van der Waals surface area contributed by atoms with Crippen LogP contribution in [0.5, 0.6) is 0 Å². The molecule has 0 spiro atoms. The molecular weight excluding hydrogens is 492 g/mol. The molecule has 1 N–H and O–H groups in total. The Kier molecular flexibility index (Phi) is 6.14. The lowest BCUT2D eigenvalue weighted by molar-refractivity contribution is -0.137. The number of hydrogen-bond donors (Lipinski definition) is 1. The first-order valence-corrected chi connectivity index (χ1v) is 14.2. The second-order valence-corrected chi connectivity index (χ2v) is 11.5. The number of fused-ring (bicyclic) bond motifs is 4. The Balaban J connectivity index is 1.04. The summed E-state index contributed by atoms with van der Waals surface area (Å²) in [6.45, 7) is 5.20. The standard InChI is InChI=1S/C30H30N6OS/c37-30(36-12-10-35(11-13-36)18-20-4-2-1-3-5-20)21-7-9-25-26(15-21)38-29-27(25)28(32-19-33-29)34-24-8-6-22-16-31-17-23(22)14-24/h1-6,8,14,17,19,21H,7,9-13,15-16,18H2,(H,32,33,34). The van der Waals surface area contributed by atoms with Crippen molar-refractivity contribution in [2.24, 2.45) is 10.9 Å². The van der Waals surface area contributed by atoms with Gasteiger partial charge in [-0.05, 0) is 53.6 Å². The van der Waals surface area contributed by atoms with Crippen molar-refractivity contribution in [3.8, 4) is 0 Å². The second kappa shape index (κ2) is 9.93. The highest BCUT2D eigenvalue weighted by atomic mass is 32.1. The van der Waals surface area contributed by atoms with Crippen LogP contribution >= 0.6 is 11.3 Å². The highest BCUT2D eigenvalue weighted by molar-refractivity contribution is 7.19. The molecule has 1 amide bonds. The summed E-state index contributed by atoms with van der Waals surface area (Å²) >= 11 is 1.72. The van der Waals surface area contributed by atoms with E-state index >= 15 is 0 Å². The SMILES string of the molecule is O=C(C1CCc2c(sc3ncnc(Nc4ccc5c(c4)C=NC5)c23)C1)N1CCN(Cc2ccccc2)CC1. The molecule has 4 heterocycles. The van der Waals surface area contributed by atoms with Gasteiger partial charge in [0.15, 0.2) is 0 Å². The van der Waals surface area contributed by atoms with Crippen molar-refractivity contribution < 1.29 is 4.79 Å². The predicted octanol–water partition coefficient (Wildman–Crippen LogP) is 4.82. The Morgan fingerprint density at radius 3 is 2.79 bits per heavy atom.